The van der Waals surface area contributed by atoms with E-state index < -0.39 is 18.1 Å². The van der Waals surface area contributed by atoms with Crippen LogP contribution in [0.1, 0.15) is 29.9 Å². The zero-order chi connectivity index (χ0) is 27.7. The van der Waals surface area contributed by atoms with Crippen molar-refractivity contribution in [3.63, 3.8) is 0 Å². The molecule has 5 N–H and O–H groups in total. The highest BCUT2D eigenvalue weighted by atomic mass is 19.4. The van der Waals surface area contributed by atoms with E-state index in [2.05, 4.69) is 20.3 Å². The fourth-order valence-corrected chi connectivity index (χ4v) is 3.61. The number of H-pyrrole nitrogens is 2. The van der Waals surface area contributed by atoms with E-state index in [4.69, 9.17) is 14.6 Å². The maximum atomic E-state index is 13.3. The van der Waals surface area contributed by atoms with Gasteiger partial charge in [-0.1, -0.05) is 12.1 Å². The van der Waals surface area contributed by atoms with Crippen molar-refractivity contribution >= 4 is 28.8 Å². The highest BCUT2D eigenvalue weighted by Crippen LogP contribution is 2.34. The van der Waals surface area contributed by atoms with Crippen molar-refractivity contribution in [1.29, 1.82) is 0 Å². The fourth-order valence-electron chi connectivity index (χ4n) is 3.61. The van der Waals surface area contributed by atoms with Crippen LogP contribution in [0.3, 0.4) is 0 Å². The summed E-state index contributed by atoms with van der Waals surface area (Å²) in [6.07, 6.45) is 0.906. The zero-order valence-electron chi connectivity index (χ0n) is 19.8. The summed E-state index contributed by atoms with van der Waals surface area (Å²) in [5, 5.41) is 20.6. The number of hydrogen-bond acceptors (Lipinski definition) is 5. The molecule has 0 aliphatic heterocycles. The average molecular weight is 536 g/mol. The van der Waals surface area contributed by atoms with Gasteiger partial charge in [0.05, 0.1) is 13.0 Å². The Hall–Kier alpha value is -4.55. The number of hydrogen-bond donors (Lipinski definition) is 5. The van der Waals surface area contributed by atoms with E-state index in [0.717, 1.165) is 46.7 Å². The summed E-state index contributed by atoms with van der Waals surface area (Å²) >= 11 is 0. The van der Waals surface area contributed by atoms with Gasteiger partial charge < -0.3 is 30.2 Å². The van der Waals surface area contributed by atoms with Gasteiger partial charge in [0.1, 0.15) is 11.6 Å². The number of alkyl halides is 3. The smallest absolute Gasteiger partial charge is 0.490 e. The molecule has 2 aromatic heterocycles. The van der Waals surface area contributed by atoms with E-state index in [1.165, 1.54) is 12.1 Å². The second kappa shape index (κ2) is 12.6. The minimum atomic E-state index is -5.08. The Morgan fingerprint density at radius 1 is 1.08 bits per heavy atom. The summed E-state index contributed by atoms with van der Waals surface area (Å²) in [6.45, 7) is 1.28. The molecule has 2 aromatic carbocycles. The molecule has 0 fully saturated rings. The van der Waals surface area contributed by atoms with Crippen LogP contribution >= 0.6 is 0 Å². The summed E-state index contributed by atoms with van der Waals surface area (Å²) in [7, 11) is 0. The first-order chi connectivity index (χ1) is 18.0. The largest absolute Gasteiger partial charge is 0.493 e. The first kappa shape index (κ1) is 28.0. The number of aromatic nitrogens is 3. The van der Waals surface area contributed by atoms with Crippen LogP contribution in [0.4, 0.5) is 23.5 Å². The molecule has 9 nitrogen and oxygen atoms in total. The number of nitrogens with zero attached hydrogens (tertiary/aromatic N) is 1. The normalized spacial score (nSPS) is 11.9. The fraction of sp³-hybridized carbons (Fsp3) is 0.240. The first-order valence-corrected chi connectivity index (χ1v) is 11.3. The van der Waals surface area contributed by atoms with Gasteiger partial charge in [-0.3, -0.25) is 4.79 Å². The highest BCUT2D eigenvalue weighted by Gasteiger charge is 2.38. The SMILES string of the molecule is O=C(O)C(F)(F)F.O=C(O)CC(c1ccc(F)cc1)c1c[nH]c2cc(OCCCNc3ncc[nH]3)ccc12. The zero-order valence-corrected chi connectivity index (χ0v) is 19.8. The van der Waals surface area contributed by atoms with Crippen molar-refractivity contribution < 1.29 is 42.1 Å². The third-order valence-corrected chi connectivity index (χ3v) is 5.33. The molecular formula is C25H24F4N4O5. The number of nitrogens with one attached hydrogen (secondary N) is 3. The summed E-state index contributed by atoms with van der Waals surface area (Å²) in [5.74, 6) is -2.93. The van der Waals surface area contributed by atoms with Crippen LogP contribution in [0.25, 0.3) is 10.9 Å². The van der Waals surface area contributed by atoms with E-state index in [1.807, 2.05) is 24.4 Å². The van der Waals surface area contributed by atoms with Crippen LogP contribution in [0.5, 0.6) is 5.75 Å². The van der Waals surface area contributed by atoms with E-state index in [0.29, 0.717) is 6.61 Å². The minimum absolute atomic E-state index is 0.0838. The molecule has 4 rings (SSSR count). The van der Waals surface area contributed by atoms with Gasteiger partial charge in [0, 0.05) is 48.0 Å². The number of carboxylic acids is 2. The third-order valence-electron chi connectivity index (χ3n) is 5.33. The van der Waals surface area contributed by atoms with Crippen LogP contribution in [0.15, 0.2) is 61.1 Å². The lowest BCUT2D eigenvalue weighted by Crippen LogP contribution is -2.21. The number of aromatic amines is 2. The van der Waals surface area contributed by atoms with Crippen LogP contribution in [-0.2, 0) is 9.59 Å². The lowest BCUT2D eigenvalue weighted by atomic mass is 9.88. The van der Waals surface area contributed by atoms with Gasteiger partial charge in [-0.05, 0) is 41.8 Å². The maximum Gasteiger partial charge on any atom is 0.490 e. The molecular weight excluding hydrogens is 512 g/mol. The van der Waals surface area contributed by atoms with Crippen molar-refractivity contribution in [2.75, 3.05) is 18.5 Å². The third kappa shape index (κ3) is 7.98. The first-order valence-electron chi connectivity index (χ1n) is 11.3. The number of anilines is 1. The van der Waals surface area contributed by atoms with Crippen LogP contribution in [0.2, 0.25) is 0 Å². The molecule has 13 heteroatoms. The predicted octanol–water partition coefficient (Wildman–Crippen LogP) is 5.15. The van der Waals surface area contributed by atoms with E-state index in [-0.39, 0.29) is 18.2 Å². The monoisotopic (exact) mass is 536 g/mol. The molecule has 0 radical (unpaired) electrons. The standard InChI is InChI=1S/C23H23FN4O3.C2HF3O2/c24-16-4-2-15(3-5-16)19(13-22(29)30)20-14-28-21-12-17(6-7-18(20)21)31-11-1-8-25-23-26-9-10-27-23;3-2(4,5)1(6)7/h2-7,9-10,12,14,19,28H,1,8,11,13H2,(H,29,30)(H2,25,26,27);(H,6,7). The van der Waals surface area contributed by atoms with Gasteiger partial charge in [-0.15, -0.1) is 0 Å². The van der Waals surface area contributed by atoms with Gasteiger partial charge in [0.2, 0.25) is 0 Å². The van der Waals surface area contributed by atoms with Crippen molar-refractivity contribution in [1.82, 2.24) is 15.0 Å². The molecule has 0 saturated heterocycles. The Bertz CT molecular complexity index is 1340. The number of rotatable bonds is 10. The second-order valence-corrected chi connectivity index (χ2v) is 8.02. The number of halogens is 4. The number of carbonyl (C=O) groups is 2. The van der Waals surface area contributed by atoms with Crippen molar-refractivity contribution in [2.24, 2.45) is 0 Å². The molecule has 0 bridgehead atoms. The van der Waals surface area contributed by atoms with Crippen LogP contribution < -0.4 is 10.1 Å². The van der Waals surface area contributed by atoms with Gasteiger partial charge >= 0.3 is 18.1 Å². The van der Waals surface area contributed by atoms with Crippen molar-refractivity contribution in [3.8, 4) is 5.75 Å². The topological polar surface area (TPSA) is 140 Å². The molecule has 4 aromatic rings. The molecule has 0 saturated carbocycles. The Morgan fingerprint density at radius 2 is 1.79 bits per heavy atom. The van der Waals surface area contributed by atoms with Gasteiger partial charge in [-0.25, -0.2) is 14.2 Å². The summed E-state index contributed by atoms with van der Waals surface area (Å²) in [6, 6.07) is 11.7. The molecule has 0 aliphatic rings. The van der Waals surface area contributed by atoms with Gasteiger partial charge in [-0.2, -0.15) is 13.2 Å². The molecule has 0 aliphatic carbocycles. The number of benzene rings is 2. The number of imidazole rings is 1. The van der Waals surface area contributed by atoms with E-state index >= 15 is 0 Å². The quantitative estimate of drug-likeness (QED) is 0.139. The molecule has 38 heavy (non-hydrogen) atoms. The highest BCUT2D eigenvalue weighted by molar-refractivity contribution is 5.86. The van der Waals surface area contributed by atoms with E-state index in [1.54, 1.807) is 24.5 Å². The number of carboxylic acid groups (broad SMARTS) is 2. The molecule has 1 unspecified atom stereocenters. The number of aliphatic carboxylic acids is 2. The Kier molecular flexibility index (Phi) is 9.30. The van der Waals surface area contributed by atoms with Crippen molar-refractivity contribution in [3.05, 3.63) is 78.0 Å². The van der Waals surface area contributed by atoms with Crippen LogP contribution in [0, 0.1) is 5.82 Å². The van der Waals surface area contributed by atoms with Crippen molar-refractivity contribution in [2.45, 2.75) is 24.9 Å². The summed E-state index contributed by atoms with van der Waals surface area (Å²) in [4.78, 5) is 30.7. The maximum absolute atomic E-state index is 13.3. The number of ether oxygens (including phenoxy) is 1. The van der Waals surface area contributed by atoms with Gasteiger partial charge in [0.15, 0.2) is 5.95 Å². The van der Waals surface area contributed by atoms with Gasteiger partial charge in [0.25, 0.3) is 0 Å². The minimum Gasteiger partial charge on any atom is -0.493 e. The predicted molar refractivity (Wildman–Crippen MR) is 130 cm³/mol. The summed E-state index contributed by atoms with van der Waals surface area (Å²) < 4.78 is 50.9. The molecule has 2 heterocycles. The Morgan fingerprint density at radius 3 is 2.39 bits per heavy atom. The Labute approximate surface area is 213 Å². The lowest BCUT2D eigenvalue weighted by Gasteiger charge is -2.15. The summed E-state index contributed by atoms with van der Waals surface area (Å²) in [5.41, 5.74) is 2.48. The molecule has 202 valence electrons. The molecule has 0 amide bonds. The number of fused-ring (bicyclic) bond motifs is 1. The van der Waals surface area contributed by atoms with Crippen LogP contribution in [-0.4, -0.2) is 56.4 Å². The lowest BCUT2D eigenvalue weighted by molar-refractivity contribution is -0.192. The second-order valence-electron chi connectivity index (χ2n) is 8.02. The molecule has 0 spiro atoms. The average Bonchev–Trinajstić information content (AvgIpc) is 3.52. The Balaban J connectivity index is 0.000000505. The molecule has 1 atom stereocenters. The van der Waals surface area contributed by atoms with E-state index in [9.17, 15) is 27.5 Å².